The summed E-state index contributed by atoms with van der Waals surface area (Å²) in [6.45, 7) is 12.3. The van der Waals surface area contributed by atoms with E-state index in [2.05, 4.69) is 22.1 Å². The SMILES string of the molecule is C=CCn1c(SCC(=O)Nc2ccc(C)cc2C)nnc1C(C)Oc1ccccc1C. The number of ether oxygens (including phenoxy) is 1. The second-order valence-electron chi connectivity index (χ2n) is 7.42. The van der Waals surface area contributed by atoms with Gasteiger partial charge in [0.25, 0.3) is 0 Å². The third kappa shape index (κ3) is 5.76. The highest BCUT2D eigenvalue weighted by Crippen LogP contribution is 2.27. The minimum absolute atomic E-state index is 0.0872. The summed E-state index contributed by atoms with van der Waals surface area (Å²) in [5.74, 6) is 1.65. The van der Waals surface area contributed by atoms with Crippen LogP contribution in [0.25, 0.3) is 0 Å². The lowest BCUT2D eigenvalue weighted by molar-refractivity contribution is -0.113. The number of carbonyl (C=O) groups excluding carboxylic acids is 1. The number of amides is 1. The van der Waals surface area contributed by atoms with Crippen LogP contribution >= 0.6 is 11.8 Å². The average Bonchev–Trinajstić information content (AvgIpc) is 3.13. The molecule has 0 aliphatic heterocycles. The van der Waals surface area contributed by atoms with E-state index in [-0.39, 0.29) is 17.8 Å². The third-order valence-corrected chi connectivity index (χ3v) is 5.77. The van der Waals surface area contributed by atoms with E-state index in [1.807, 2.05) is 74.7 Å². The number of thioether (sulfide) groups is 1. The van der Waals surface area contributed by atoms with E-state index in [1.54, 1.807) is 6.08 Å². The maximum atomic E-state index is 12.5. The Hall–Kier alpha value is -3.06. The Morgan fingerprint density at radius 2 is 1.97 bits per heavy atom. The quantitative estimate of drug-likeness (QED) is 0.366. The predicted octanol–water partition coefficient (Wildman–Crippen LogP) is 5.26. The molecule has 0 bridgehead atoms. The zero-order valence-corrected chi connectivity index (χ0v) is 19.2. The van der Waals surface area contributed by atoms with E-state index in [4.69, 9.17) is 4.74 Å². The fourth-order valence-corrected chi connectivity index (χ4v) is 3.97. The van der Waals surface area contributed by atoms with Crippen LogP contribution in [0.5, 0.6) is 5.75 Å². The number of aromatic nitrogens is 3. The Balaban J connectivity index is 1.69. The Kier molecular flexibility index (Phi) is 7.52. The molecule has 1 aromatic heterocycles. The van der Waals surface area contributed by atoms with Crippen LogP contribution < -0.4 is 10.1 Å². The van der Waals surface area contributed by atoms with Gasteiger partial charge in [-0.05, 0) is 51.0 Å². The Morgan fingerprint density at radius 1 is 1.19 bits per heavy atom. The first-order chi connectivity index (χ1) is 14.9. The first-order valence-corrected chi connectivity index (χ1v) is 11.1. The van der Waals surface area contributed by atoms with Gasteiger partial charge in [0.15, 0.2) is 17.1 Å². The highest BCUT2D eigenvalue weighted by atomic mass is 32.2. The highest BCUT2D eigenvalue weighted by Gasteiger charge is 2.20. The molecular weight excluding hydrogens is 408 g/mol. The second kappa shape index (κ2) is 10.3. The smallest absolute Gasteiger partial charge is 0.234 e. The summed E-state index contributed by atoms with van der Waals surface area (Å²) < 4.78 is 8.05. The standard InChI is InChI=1S/C24H28N4O2S/c1-6-13-28-23(19(5)30-21-10-8-7-9-17(21)3)26-27-24(28)31-15-22(29)25-20-12-11-16(2)14-18(20)4/h6-12,14,19H,1,13,15H2,2-5H3,(H,25,29). The van der Waals surface area contributed by atoms with Crippen LogP contribution in [-0.2, 0) is 11.3 Å². The summed E-state index contributed by atoms with van der Waals surface area (Å²) in [6.07, 6.45) is 1.49. The summed E-state index contributed by atoms with van der Waals surface area (Å²) in [5.41, 5.74) is 4.08. The van der Waals surface area contributed by atoms with Gasteiger partial charge in [-0.1, -0.05) is 53.7 Å². The molecule has 0 aliphatic carbocycles. The lowest BCUT2D eigenvalue weighted by Gasteiger charge is -2.17. The van der Waals surface area contributed by atoms with E-state index in [0.29, 0.717) is 17.5 Å². The van der Waals surface area contributed by atoms with E-state index in [1.165, 1.54) is 11.8 Å². The molecule has 3 aromatic rings. The average molecular weight is 437 g/mol. The number of nitrogens with zero attached hydrogens (tertiary/aromatic N) is 3. The van der Waals surface area contributed by atoms with Crippen molar-refractivity contribution >= 4 is 23.4 Å². The molecule has 1 N–H and O–H groups in total. The van der Waals surface area contributed by atoms with Crippen molar-refractivity contribution in [1.29, 1.82) is 0 Å². The van der Waals surface area contributed by atoms with Crippen molar-refractivity contribution < 1.29 is 9.53 Å². The third-order valence-electron chi connectivity index (χ3n) is 4.81. The second-order valence-corrected chi connectivity index (χ2v) is 8.36. The molecule has 1 heterocycles. The van der Waals surface area contributed by atoms with E-state index in [0.717, 1.165) is 28.1 Å². The summed E-state index contributed by atoms with van der Waals surface area (Å²) in [5, 5.41) is 12.3. The van der Waals surface area contributed by atoms with E-state index in [9.17, 15) is 4.79 Å². The molecular formula is C24H28N4O2S. The first kappa shape index (κ1) is 22.6. The van der Waals surface area contributed by atoms with Crippen molar-refractivity contribution in [2.45, 2.75) is 45.5 Å². The normalized spacial score (nSPS) is 11.7. The summed E-state index contributed by atoms with van der Waals surface area (Å²) in [7, 11) is 0. The van der Waals surface area contributed by atoms with E-state index < -0.39 is 0 Å². The van der Waals surface area contributed by atoms with Crippen LogP contribution in [0.3, 0.4) is 0 Å². The van der Waals surface area contributed by atoms with Gasteiger partial charge in [-0.3, -0.25) is 9.36 Å². The molecule has 7 heteroatoms. The van der Waals surface area contributed by atoms with Gasteiger partial charge in [0.1, 0.15) is 5.75 Å². The highest BCUT2D eigenvalue weighted by molar-refractivity contribution is 7.99. The topological polar surface area (TPSA) is 69.0 Å². The molecule has 6 nitrogen and oxygen atoms in total. The number of rotatable bonds is 9. The minimum atomic E-state index is -0.299. The van der Waals surface area contributed by atoms with Crippen LogP contribution in [0, 0.1) is 20.8 Å². The Bertz CT molecular complexity index is 1080. The molecule has 0 radical (unpaired) electrons. The van der Waals surface area contributed by atoms with Gasteiger partial charge >= 0.3 is 0 Å². The molecule has 0 saturated heterocycles. The molecule has 3 rings (SSSR count). The van der Waals surface area contributed by atoms with Gasteiger partial charge in [-0.2, -0.15) is 0 Å². The molecule has 1 amide bonds. The maximum Gasteiger partial charge on any atom is 0.234 e. The number of aryl methyl sites for hydroxylation is 3. The van der Waals surface area contributed by atoms with Gasteiger partial charge in [0.2, 0.25) is 5.91 Å². The monoisotopic (exact) mass is 436 g/mol. The maximum absolute atomic E-state index is 12.5. The fraction of sp³-hybridized carbons (Fsp3) is 0.292. The fourth-order valence-electron chi connectivity index (χ4n) is 3.21. The Labute approximate surface area is 187 Å². The van der Waals surface area contributed by atoms with Gasteiger partial charge in [-0.15, -0.1) is 16.8 Å². The van der Waals surface area contributed by atoms with Crippen LogP contribution in [-0.4, -0.2) is 26.4 Å². The van der Waals surface area contributed by atoms with Crippen molar-refractivity contribution in [2.75, 3.05) is 11.1 Å². The first-order valence-electron chi connectivity index (χ1n) is 10.1. The number of anilines is 1. The van der Waals surface area contributed by atoms with Crippen molar-refractivity contribution in [3.05, 3.63) is 77.6 Å². The largest absolute Gasteiger partial charge is 0.482 e. The van der Waals surface area contributed by atoms with Gasteiger partial charge in [-0.25, -0.2) is 0 Å². The molecule has 1 atom stereocenters. The molecule has 0 aliphatic rings. The van der Waals surface area contributed by atoms with Crippen LogP contribution in [0.4, 0.5) is 5.69 Å². The van der Waals surface area contributed by atoms with Gasteiger partial charge in [0.05, 0.1) is 5.75 Å². The predicted molar refractivity (Wildman–Crippen MR) is 126 cm³/mol. The molecule has 162 valence electrons. The number of para-hydroxylation sites is 1. The number of hydrogen-bond acceptors (Lipinski definition) is 5. The van der Waals surface area contributed by atoms with Gasteiger partial charge < -0.3 is 10.1 Å². The lowest BCUT2D eigenvalue weighted by atomic mass is 10.1. The molecule has 0 saturated carbocycles. The zero-order valence-electron chi connectivity index (χ0n) is 18.4. The summed E-state index contributed by atoms with van der Waals surface area (Å²) in [4.78, 5) is 12.5. The van der Waals surface area contributed by atoms with Gasteiger partial charge in [0, 0.05) is 12.2 Å². The minimum Gasteiger partial charge on any atom is -0.482 e. The number of benzene rings is 2. The molecule has 31 heavy (non-hydrogen) atoms. The van der Waals surface area contributed by atoms with Crippen molar-refractivity contribution in [1.82, 2.24) is 14.8 Å². The molecule has 2 aromatic carbocycles. The Morgan fingerprint density at radius 3 is 2.68 bits per heavy atom. The van der Waals surface area contributed by atoms with Crippen molar-refractivity contribution in [3.8, 4) is 5.75 Å². The molecule has 0 spiro atoms. The zero-order chi connectivity index (χ0) is 22.4. The number of nitrogens with one attached hydrogen (secondary N) is 1. The van der Waals surface area contributed by atoms with Crippen molar-refractivity contribution in [3.63, 3.8) is 0 Å². The van der Waals surface area contributed by atoms with E-state index >= 15 is 0 Å². The van der Waals surface area contributed by atoms with Crippen LogP contribution in [0.2, 0.25) is 0 Å². The van der Waals surface area contributed by atoms with Crippen molar-refractivity contribution in [2.24, 2.45) is 0 Å². The summed E-state index contributed by atoms with van der Waals surface area (Å²) >= 11 is 1.35. The van der Waals surface area contributed by atoms with Crippen LogP contribution in [0.1, 0.15) is 35.5 Å². The number of carbonyl (C=O) groups is 1. The number of allylic oxidation sites excluding steroid dienone is 1. The number of hydrogen-bond donors (Lipinski definition) is 1. The molecule has 0 fully saturated rings. The molecule has 1 unspecified atom stereocenters. The lowest BCUT2D eigenvalue weighted by Crippen LogP contribution is -2.16. The van der Waals surface area contributed by atoms with Crippen LogP contribution in [0.15, 0.2) is 60.3 Å². The summed E-state index contributed by atoms with van der Waals surface area (Å²) in [6, 6.07) is 13.8.